The molecule has 0 fully saturated rings. The van der Waals surface area contributed by atoms with Crippen LogP contribution in [-0.2, 0) is 17.6 Å². The zero-order chi connectivity index (χ0) is 24.0. The summed E-state index contributed by atoms with van der Waals surface area (Å²) in [5, 5.41) is 8.33. The van der Waals surface area contributed by atoms with Crippen LogP contribution in [-0.4, -0.2) is 36.5 Å². The Kier molecular flexibility index (Phi) is 18.8. The van der Waals surface area contributed by atoms with Gasteiger partial charge in [-0.15, -0.1) is 0 Å². The van der Waals surface area contributed by atoms with E-state index in [1.54, 1.807) is 0 Å². The molecule has 0 saturated heterocycles. The number of hydrogen-bond acceptors (Lipinski definition) is 5. The number of nitrogens with two attached hydrogens (primary N) is 3. The monoisotopic (exact) mass is 443 g/mol. The highest BCUT2D eigenvalue weighted by molar-refractivity contribution is 5.74. The van der Waals surface area contributed by atoms with E-state index in [0.717, 1.165) is 44.1 Å². The van der Waals surface area contributed by atoms with Crippen molar-refractivity contribution in [2.45, 2.75) is 64.3 Å². The Hall–Kier alpha value is -2.54. The van der Waals surface area contributed by atoms with Gasteiger partial charge in [-0.2, -0.15) is 0 Å². The summed E-state index contributed by atoms with van der Waals surface area (Å²) < 4.78 is 0. The molecule has 2 aromatic rings. The zero-order valence-electron chi connectivity index (χ0n) is 19.4. The van der Waals surface area contributed by atoms with Crippen molar-refractivity contribution < 1.29 is 14.7 Å². The van der Waals surface area contributed by atoms with Gasteiger partial charge in [0.05, 0.1) is 0 Å². The second kappa shape index (κ2) is 20.4. The summed E-state index contributed by atoms with van der Waals surface area (Å²) in [6.45, 7) is 3.55. The number of carboxylic acid groups (broad SMARTS) is 1. The number of hydrogen-bond donors (Lipinski definition) is 4. The Bertz CT molecular complexity index is 706. The molecule has 0 aliphatic carbocycles. The molecule has 2 rings (SSSR count). The highest BCUT2D eigenvalue weighted by atomic mass is 16.4. The summed E-state index contributed by atoms with van der Waals surface area (Å²) in [6, 6.07) is 17.4. The third-order valence-electron chi connectivity index (χ3n) is 4.75. The van der Waals surface area contributed by atoms with Crippen molar-refractivity contribution in [2.75, 3.05) is 13.1 Å². The first kappa shape index (κ1) is 29.5. The van der Waals surface area contributed by atoms with Crippen LogP contribution >= 0.6 is 0 Å². The third-order valence-corrected chi connectivity index (χ3v) is 4.75. The van der Waals surface area contributed by atoms with Crippen molar-refractivity contribution in [2.24, 2.45) is 17.2 Å². The number of carboxylic acids is 1. The lowest BCUT2D eigenvalue weighted by molar-refractivity contribution is -0.138. The molecule has 0 heterocycles. The van der Waals surface area contributed by atoms with Crippen molar-refractivity contribution >= 4 is 12.3 Å². The number of rotatable bonds is 12. The lowest BCUT2D eigenvalue weighted by Gasteiger charge is -2.03. The van der Waals surface area contributed by atoms with Crippen LogP contribution in [0.15, 0.2) is 54.6 Å². The van der Waals surface area contributed by atoms with E-state index in [-0.39, 0.29) is 0 Å². The van der Waals surface area contributed by atoms with Gasteiger partial charge in [0.1, 0.15) is 12.3 Å². The molecule has 0 saturated carbocycles. The van der Waals surface area contributed by atoms with Crippen LogP contribution in [0.4, 0.5) is 0 Å². The summed E-state index contributed by atoms with van der Waals surface area (Å²) in [5.74, 6) is -0.933. The fraction of sp³-hybridized carbons (Fsp3) is 0.462. The predicted octanol–water partition coefficient (Wildman–Crippen LogP) is 3.95. The zero-order valence-corrected chi connectivity index (χ0v) is 19.4. The van der Waals surface area contributed by atoms with Gasteiger partial charge >= 0.3 is 5.97 Å². The van der Waals surface area contributed by atoms with Crippen LogP contribution in [0.1, 0.15) is 66.9 Å². The maximum Gasteiger partial charge on any atom is 0.320 e. The number of benzene rings is 2. The summed E-state index contributed by atoms with van der Waals surface area (Å²) in [7, 11) is 0. The molecule has 178 valence electrons. The van der Waals surface area contributed by atoms with Gasteiger partial charge in [0.2, 0.25) is 0 Å². The minimum Gasteiger partial charge on any atom is -0.480 e. The van der Waals surface area contributed by atoms with Crippen LogP contribution < -0.4 is 17.2 Å². The standard InChI is InChI=1S/C12H16O.C8H11N.C6H14N2O2/c1-2-3-4-5-11-6-8-12(10-13)9-7-11;9-7-6-8-4-2-1-3-5-8;7-4-2-1-3-5(8)6(9)10/h6-10H,2-5H2,1H3;1-5H,6-7,9H2;5H,1-4,7-8H2,(H,9,10)/t;;5-/m..0/s1. The molecule has 6 heteroatoms. The van der Waals surface area contributed by atoms with Gasteiger partial charge in [-0.05, 0) is 56.3 Å². The van der Waals surface area contributed by atoms with Gasteiger partial charge in [0.15, 0.2) is 0 Å². The summed E-state index contributed by atoms with van der Waals surface area (Å²) in [4.78, 5) is 20.5. The number of aldehydes is 1. The van der Waals surface area contributed by atoms with Crippen molar-refractivity contribution in [3.63, 3.8) is 0 Å². The fourth-order valence-electron chi connectivity index (χ4n) is 2.79. The Morgan fingerprint density at radius 3 is 2.00 bits per heavy atom. The molecule has 0 bridgehead atoms. The first-order valence-corrected chi connectivity index (χ1v) is 11.4. The van der Waals surface area contributed by atoms with E-state index in [1.165, 1.54) is 30.4 Å². The molecule has 6 nitrogen and oxygen atoms in total. The molecule has 2 aromatic carbocycles. The number of carbonyl (C=O) groups excluding carboxylic acids is 1. The first-order valence-electron chi connectivity index (χ1n) is 11.4. The molecule has 1 atom stereocenters. The maximum absolute atomic E-state index is 10.4. The minimum absolute atomic E-state index is 0.520. The molecular formula is C26H41N3O3. The third kappa shape index (κ3) is 16.2. The molecule has 0 amide bonds. The maximum atomic E-state index is 10.4. The first-order chi connectivity index (χ1) is 15.5. The van der Waals surface area contributed by atoms with Gasteiger partial charge in [-0.25, -0.2) is 0 Å². The lowest BCUT2D eigenvalue weighted by atomic mass is 10.1. The van der Waals surface area contributed by atoms with Gasteiger partial charge in [0, 0.05) is 5.56 Å². The molecule has 32 heavy (non-hydrogen) atoms. The molecule has 0 aliphatic heterocycles. The highest BCUT2D eigenvalue weighted by Gasteiger charge is 2.09. The van der Waals surface area contributed by atoms with Gasteiger partial charge in [0.25, 0.3) is 0 Å². The highest BCUT2D eigenvalue weighted by Crippen LogP contribution is 2.07. The second-order valence-electron chi connectivity index (χ2n) is 7.57. The van der Waals surface area contributed by atoms with Gasteiger partial charge in [-0.3, -0.25) is 9.59 Å². The number of aryl methyl sites for hydroxylation is 1. The lowest BCUT2D eigenvalue weighted by Crippen LogP contribution is -2.29. The minimum atomic E-state index is -0.933. The average Bonchev–Trinajstić information content (AvgIpc) is 2.81. The Morgan fingerprint density at radius 2 is 1.50 bits per heavy atom. The molecule has 0 spiro atoms. The van der Waals surface area contributed by atoms with Gasteiger partial charge < -0.3 is 22.3 Å². The smallest absolute Gasteiger partial charge is 0.320 e. The van der Waals surface area contributed by atoms with Crippen LogP contribution in [0, 0.1) is 0 Å². The summed E-state index contributed by atoms with van der Waals surface area (Å²) in [6.07, 6.45) is 8.96. The van der Waals surface area contributed by atoms with E-state index in [4.69, 9.17) is 22.3 Å². The van der Waals surface area contributed by atoms with Crippen LogP contribution in [0.2, 0.25) is 0 Å². The number of carbonyl (C=O) groups is 2. The van der Waals surface area contributed by atoms with Gasteiger partial charge in [-0.1, -0.05) is 80.8 Å². The fourth-order valence-corrected chi connectivity index (χ4v) is 2.79. The van der Waals surface area contributed by atoms with Crippen LogP contribution in [0.25, 0.3) is 0 Å². The second-order valence-corrected chi connectivity index (χ2v) is 7.57. The SMILES string of the molecule is CCCCCc1ccc(C=O)cc1.NCCCC[C@H](N)C(=O)O.NCCc1ccccc1. The normalized spacial score (nSPS) is 10.8. The van der Waals surface area contributed by atoms with Crippen molar-refractivity contribution in [1.29, 1.82) is 0 Å². The van der Waals surface area contributed by atoms with Crippen molar-refractivity contribution in [1.82, 2.24) is 0 Å². The van der Waals surface area contributed by atoms with Crippen LogP contribution in [0.3, 0.4) is 0 Å². The Morgan fingerprint density at radius 1 is 0.875 bits per heavy atom. The Balaban J connectivity index is 0.000000460. The molecular weight excluding hydrogens is 402 g/mol. The predicted molar refractivity (Wildman–Crippen MR) is 133 cm³/mol. The van der Waals surface area contributed by atoms with E-state index in [1.807, 2.05) is 42.5 Å². The molecule has 0 radical (unpaired) electrons. The van der Waals surface area contributed by atoms with E-state index in [9.17, 15) is 9.59 Å². The van der Waals surface area contributed by atoms with E-state index < -0.39 is 12.0 Å². The summed E-state index contributed by atoms with van der Waals surface area (Å²) in [5.41, 5.74) is 19.2. The largest absolute Gasteiger partial charge is 0.480 e. The Labute approximate surface area is 193 Å². The van der Waals surface area contributed by atoms with Crippen molar-refractivity contribution in [3.05, 3.63) is 71.3 Å². The molecule has 0 aliphatic rings. The molecule has 0 unspecified atom stereocenters. The summed E-state index contributed by atoms with van der Waals surface area (Å²) >= 11 is 0. The van der Waals surface area contributed by atoms with E-state index in [2.05, 4.69) is 19.1 Å². The van der Waals surface area contributed by atoms with Crippen molar-refractivity contribution in [3.8, 4) is 0 Å². The molecule has 0 aromatic heterocycles. The number of unbranched alkanes of at least 4 members (excludes halogenated alkanes) is 3. The van der Waals surface area contributed by atoms with Crippen LogP contribution in [0.5, 0.6) is 0 Å². The van der Waals surface area contributed by atoms with E-state index >= 15 is 0 Å². The number of aliphatic carboxylic acids is 1. The topological polar surface area (TPSA) is 132 Å². The molecule has 7 N–H and O–H groups in total. The quantitative estimate of drug-likeness (QED) is 0.290. The average molecular weight is 444 g/mol. The van der Waals surface area contributed by atoms with E-state index in [0.29, 0.717) is 13.0 Å².